The summed E-state index contributed by atoms with van der Waals surface area (Å²) in [6.07, 6.45) is -2.51. The Balaban J connectivity index is 1.65. The largest absolute Gasteiger partial charge is 0.490 e. The van der Waals surface area contributed by atoms with E-state index in [-0.39, 0.29) is 6.42 Å². The molecule has 3 rings (SSSR count). The SMILES string of the molecule is Cc1cc2ccccc2cc1[C@H]1CC(O)[C@@H](COP(=O)(O)OP(=O)(O)OP(=O)(O)O)O1. The number of hydrogen-bond acceptors (Lipinski definition) is 8. The fraction of sp³-hybridized carbons (Fsp3) is 0.375. The molecule has 15 heteroatoms. The highest BCUT2D eigenvalue weighted by molar-refractivity contribution is 7.66. The van der Waals surface area contributed by atoms with Crippen LogP contribution in [0.1, 0.15) is 23.7 Å². The number of fused-ring (bicyclic) bond motifs is 1. The number of benzene rings is 2. The Morgan fingerprint density at radius 1 is 1.00 bits per heavy atom. The van der Waals surface area contributed by atoms with Crippen LogP contribution in [0.2, 0.25) is 0 Å². The van der Waals surface area contributed by atoms with Crippen molar-refractivity contribution in [3.8, 4) is 0 Å². The van der Waals surface area contributed by atoms with Crippen LogP contribution in [0.3, 0.4) is 0 Å². The van der Waals surface area contributed by atoms with Crippen LogP contribution >= 0.6 is 23.5 Å². The quantitative estimate of drug-likeness (QED) is 0.335. The van der Waals surface area contributed by atoms with E-state index >= 15 is 0 Å². The Morgan fingerprint density at radius 2 is 1.61 bits per heavy atom. The van der Waals surface area contributed by atoms with Crippen LogP contribution in [0.15, 0.2) is 36.4 Å². The van der Waals surface area contributed by atoms with E-state index in [0.717, 1.165) is 21.9 Å². The lowest BCUT2D eigenvalue weighted by atomic mass is 9.96. The van der Waals surface area contributed by atoms with Crippen LogP contribution < -0.4 is 0 Å². The fourth-order valence-electron chi connectivity index (χ4n) is 3.27. The molecule has 0 bridgehead atoms. The van der Waals surface area contributed by atoms with Gasteiger partial charge in [-0.2, -0.15) is 8.62 Å². The molecule has 2 aromatic rings. The minimum Gasteiger partial charge on any atom is -0.390 e. The van der Waals surface area contributed by atoms with Crippen molar-refractivity contribution in [3.05, 3.63) is 47.5 Å². The minimum atomic E-state index is -5.61. The number of aryl methyl sites for hydroxylation is 1. The first-order valence-corrected chi connectivity index (χ1v) is 13.4. The molecular weight excluding hydrogens is 477 g/mol. The third-order valence-corrected chi connectivity index (χ3v) is 8.33. The predicted molar refractivity (Wildman–Crippen MR) is 107 cm³/mol. The third-order valence-electron chi connectivity index (χ3n) is 4.52. The van der Waals surface area contributed by atoms with Gasteiger partial charge in [-0.3, -0.25) is 4.52 Å². The summed E-state index contributed by atoms with van der Waals surface area (Å²) >= 11 is 0. The monoisotopic (exact) mass is 498 g/mol. The number of phosphoric acid groups is 3. The number of aliphatic hydroxyl groups excluding tert-OH is 1. The molecule has 3 unspecified atom stereocenters. The number of rotatable bonds is 8. The van der Waals surface area contributed by atoms with E-state index in [0.29, 0.717) is 0 Å². The van der Waals surface area contributed by atoms with Gasteiger partial charge < -0.3 is 29.4 Å². The summed E-state index contributed by atoms with van der Waals surface area (Å²) in [5.41, 5.74) is 1.74. The van der Waals surface area contributed by atoms with Gasteiger partial charge in [0.1, 0.15) is 6.10 Å². The van der Waals surface area contributed by atoms with Crippen molar-refractivity contribution in [2.45, 2.75) is 31.7 Å². The highest BCUT2D eigenvalue weighted by Gasteiger charge is 2.42. The van der Waals surface area contributed by atoms with E-state index in [1.165, 1.54) is 0 Å². The lowest BCUT2D eigenvalue weighted by Crippen LogP contribution is -2.26. The Hall–Kier alpha value is -0.970. The summed E-state index contributed by atoms with van der Waals surface area (Å²) in [5, 5.41) is 12.3. The van der Waals surface area contributed by atoms with Crippen molar-refractivity contribution in [1.29, 1.82) is 0 Å². The predicted octanol–water partition coefficient (Wildman–Crippen LogP) is 2.68. The van der Waals surface area contributed by atoms with Gasteiger partial charge in [0.2, 0.25) is 0 Å². The molecule has 5 N–H and O–H groups in total. The molecule has 1 saturated heterocycles. The average Bonchev–Trinajstić information content (AvgIpc) is 2.97. The fourth-order valence-corrected chi connectivity index (χ4v) is 6.30. The molecule has 31 heavy (non-hydrogen) atoms. The molecule has 2 aromatic carbocycles. The second-order valence-corrected chi connectivity index (χ2v) is 11.3. The molecule has 12 nitrogen and oxygen atoms in total. The highest BCUT2D eigenvalue weighted by Crippen LogP contribution is 2.66. The first kappa shape index (κ1) is 24.7. The van der Waals surface area contributed by atoms with E-state index in [4.69, 9.17) is 19.4 Å². The average molecular weight is 498 g/mol. The second kappa shape index (κ2) is 9.11. The lowest BCUT2D eigenvalue weighted by Gasteiger charge is -2.19. The van der Waals surface area contributed by atoms with Crippen LogP contribution in [0.5, 0.6) is 0 Å². The molecule has 0 aliphatic carbocycles. The third kappa shape index (κ3) is 6.76. The molecule has 1 heterocycles. The zero-order chi connectivity index (χ0) is 23.0. The second-order valence-electron chi connectivity index (χ2n) is 6.91. The van der Waals surface area contributed by atoms with Gasteiger partial charge in [0.05, 0.1) is 18.8 Å². The van der Waals surface area contributed by atoms with Gasteiger partial charge in [0.15, 0.2) is 0 Å². The Kier molecular flexibility index (Phi) is 7.25. The zero-order valence-electron chi connectivity index (χ0n) is 16.0. The molecule has 172 valence electrons. The van der Waals surface area contributed by atoms with Crippen LogP contribution in [0.25, 0.3) is 10.8 Å². The summed E-state index contributed by atoms with van der Waals surface area (Å²) < 4.78 is 51.4. The van der Waals surface area contributed by atoms with Crippen LogP contribution in [0, 0.1) is 6.92 Å². The van der Waals surface area contributed by atoms with E-state index in [2.05, 4.69) is 13.1 Å². The molecule has 0 aromatic heterocycles. The maximum Gasteiger partial charge on any atom is 0.490 e. The normalized spacial score (nSPS) is 25.9. The van der Waals surface area contributed by atoms with Gasteiger partial charge in [-0.1, -0.05) is 30.3 Å². The summed E-state index contributed by atoms with van der Waals surface area (Å²) in [7, 11) is -16.4. The molecule has 1 aliphatic heterocycles. The molecule has 1 fully saturated rings. The molecule has 5 atom stereocenters. The lowest BCUT2D eigenvalue weighted by molar-refractivity contribution is -0.0221. The van der Waals surface area contributed by atoms with Crippen LogP contribution in [-0.2, 0) is 31.6 Å². The van der Waals surface area contributed by atoms with Crippen molar-refractivity contribution < 1.29 is 56.3 Å². The molecule has 0 radical (unpaired) electrons. The maximum absolute atomic E-state index is 11.8. The first-order chi connectivity index (χ1) is 14.2. The van der Waals surface area contributed by atoms with E-state index < -0.39 is 48.4 Å². The Morgan fingerprint density at radius 3 is 2.23 bits per heavy atom. The smallest absolute Gasteiger partial charge is 0.390 e. The number of phosphoric ester groups is 1. The van der Waals surface area contributed by atoms with E-state index in [9.17, 15) is 23.7 Å². The Labute approximate surface area is 176 Å². The van der Waals surface area contributed by atoms with E-state index in [1.54, 1.807) is 0 Å². The van der Waals surface area contributed by atoms with Gasteiger partial charge in [-0.15, -0.1) is 0 Å². The van der Waals surface area contributed by atoms with E-state index in [1.807, 2.05) is 43.3 Å². The molecular formula is C16H21O12P3. The van der Waals surface area contributed by atoms with Gasteiger partial charge in [0.25, 0.3) is 0 Å². The first-order valence-electron chi connectivity index (χ1n) is 8.86. The standard InChI is InChI=1S/C16H21O12P3/c1-10-6-11-4-2-3-5-12(11)7-13(10)15-8-14(17)16(26-15)9-25-30(21,22)28-31(23,24)27-29(18,19)20/h2-7,14-17H,8-9H2,1H3,(H,21,22)(H,23,24)(H2,18,19,20)/t14?,15-,16-/m1/s1. The number of aliphatic hydroxyl groups is 1. The molecule has 0 amide bonds. The van der Waals surface area contributed by atoms with Gasteiger partial charge in [-0.05, 0) is 34.9 Å². The van der Waals surface area contributed by atoms with Crippen molar-refractivity contribution >= 4 is 34.2 Å². The zero-order valence-corrected chi connectivity index (χ0v) is 18.7. The van der Waals surface area contributed by atoms with Crippen LogP contribution in [0.4, 0.5) is 0 Å². The van der Waals surface area contributed by atoms with Crippen molar-refractivity contribution in [2.24, 2.45) is 0 Å². The van der Waals surface area contributed by atoms with Gasteiger partial charge >= 0.3 is 23.5 Å². The number of hydrogen-bond donors (Lipinski definition) is 5. The molecule has 0 spiro atoms. The summed E-state index contributed by atoms with van der Waals surface area (Å²) in [4.78, 5) is 35.8. The maximum atomic E-state index is 11.8. The van der Waals surface area contributed by atoms with Crippen molar-refractivity contribution in [1.82, 2.24) is 0 Å². The number of ether oxygens (including phenoxy) is 1. The van der Waals surface area contributed by atoms with Gasteiger partial charge in [0, 0.05) is 6.42 Å². The summed E-state index contributed by atoms with van der Waals surface area (Å²) in [5.74, 6) is 0. The topological polar surface area (TPSA) is 189 Å². The summed E-state index contributed by atoms with van der Waals surface area (Å²) in [6, 6.07) is 11.6. The highest BCUT2D eigenvalue weighted by atomic mass is 31.3. The molecule has 1 aliphatic rings. The van der Waals surface area contributed by atoms with Crippen LogP contribution in [-0.4, -0.2) is 43.5 Å². The molecule has 0 saturated carbocycles. The minimum absolute atomic E-state index is 0.170. The summed E-state index contributed by atoms with van der Waals surface area (Å²) in [6.45, 7) is 1.19. The van der Waals surface area contributed by atoms with Gasteiger partial charge in [-0.25, -0.2) is 13.7 Å². The van der Waals surface area contributed by atoms with Crippen molar-refractivity contribution in [3.63, 3.8) is 0 Å². The Bertz CT molecular complexity index is 1100. The van der Waals surface area contributed by atoms with Crippen molar-refractivity contribution in [2.75, 3.05) is 6.61 Å².